The SMILES string of the molecule is CN(C)[C@@H]1CS(=O)(=O)[C@H]2CN(Cc3cnc(NCc4ccccc4)nc3)C[C@@H]12. The number of nitrogens with zero attached hydrogens (tertiary/aromatic N) is 4. The van der Waals surface area contributed by atoms with Crippen LogP contribution in [0, 0.1) is 5.92 Å². The summed E-state index contributed by atoms with van der Waals surface area (Å²) in [5, 5.41) is 2.98. The average Bonchev–Trinajstić information content (AvgIpc) is 3.20. The number of hydrogen-bond acceptors (Lipinski definition) is 7. The Labute approximate surface area is 166 Å². The minimum absolute atomic E-state index is 0.112. The fourth-order valence-corrected chi connectivity index (χ4v) is 6.85. The zero-order chi connectivity index (χ0) is 19.7. The van der Waals surface area contributed by atoms with Gasteiger partial charge in [-0.1, -0.05) is 30.3 Å². The molecule has 1 aromatic carbocycles. The van der Waals surface area contributed by atoms with E-state index in [1.165, 1.54) is 5.56 Å². The first-order chi connectivity index (χ1) is 13.4. The first-order valence-electron chi connectivity index (χ1n) is 9.61. The van der Waals surface area contributed by atoms with Crippen molar-refractivity contribution in [3.63, 3.8) is 0 Å². The molecule has 2 aliphatic heterocycles. The van der Waals surface area contributed by atoms with Crippen molar-refractivity contribution in [2.75, 3.05) is 38.3 Å². The molecule has 0 amide bonds. The number of hydrogen-bond donors (Lipinski definition) is 1. The molecule has 4 rings (SSSR count). The Morgan fingerprint density at radius 3 is 2.50 bits per heavy atom. The van der Waals surface area contributed by atoms with E-state index in [2.05, 4.69) is 37.2 Å². The maximum atomic E-state index is 12.5. The van der Waals surface area contributed by atoms with E-state index in [-0.39, 0.29) is 23.0 Å². The van der Waals surface area contributed by atoms with Gasteiger partial charge in [0.25, 0.3) is 0 Å². The number of likely N-dealkylation sites (tertiary alicyclic amines) is 1. The number of aromatic nitrogens is 2. The van der Waals surface area contributed by atoms with E-state index >= 15 is 0 Å². The fraction of sp³-hybridized carbons (Fsp3) is 0.500. The van der Waals surface area contributed by atoms with Crippen LogP contribution in [0.25, 0.3) is 0 Å². The maximum absolute atomic E-state index is 12.5. The van der Waals surface area contributed by atoms with Crippen LogP contribution < -0.4 is 5.32 Å². The molecule has 8 heteroatoms. The highest BCUT2D eigenvalue weighted by molar-refractivity contribution is 7.92. The Kier molecular flexibility index (Phi) is 5.35. The van der Waals surface area contributed by atoms with Crippen molar-refractivity contribution < 1.29 is 8.42 Å². The highest BCUT2D eigenvalue weighted by atomic mass is 32.2. The third-order valence-electron chi connectivity index (χ3n) is 5.81. The molecule has 0 bridgehead atoms. The van der Waals surface area contributed by atoms with Crippen molar-refractivity contribution in [1.82, 2.24) is 19.8 Å². The number of fused-ring (bicyclic) bond motifs is 1. The summed E-state index contributed by atoms with van der Waals surface area (Å²) in [6.45, 7) is 2.77. The van der Waals surface area contributed by atoms with E-state index in [1.54, 1.807) is 0 Å². The number of benzene rings is 1. The van der Waals surface area contributed by atoms with E-state index in [0.29, 0.717) is 25.6 Å². The Hall–Kier alpha value is -2.03. The van der Waals surface area contributed by atoms with Crippen LogP contribution in [0.4, 0.5) is 5.95 Å². The van der Waals surface area contributed by atoms with Gasteiger partial charge in [0, 0.05) is 56.1 Å². The monoisotopic (exact) mass is 401 g/mol. The Balaban J connectivity index is 1.35. The van der Waals surface area contributed by atoms with Crippen LogP contribution in [-0.4, -0.2) is 72.4 Å². The first kappa shape index (κ1) is 19.3. The van der Waals surface area contributed by atoms with E-state index in [0.717, 1.165) is 12.1 Å². The molecule has 2 saturated heterocycles. The summed E-state index contributed by atoms with van der Waals surface area (Å²) in [6, 6.07) is 10.2. The molecule has 1 N–H and O–H groups in total. The average molecular weight is 402 g/mol. The first-order valence-corrected chi connectivity index (χ1v) is 11.3. The number of sulfone groups is 1. The third-order valence-corrected chi connectivity index (χ3v) is 8.04. The predicted molar refractivity (Wildman–Crippen MR) is 110 cm³/mol. The maximum Gasteiger partial charge on any atom is 0.222 e. The molecule has 1 aromatic heterocycles. The van der Waals surface area contributed by atoms with Gasteiger partial charge in [0.2, 0.25) is 5.95 Å². The second-order valence-corrected chi connectivity index (χ2v) is 10.3. The molecule has 3 heterocycles. The topological polar surface area (TPSA) is 78.4 Å². The largest absolute Gasteiger partial charge is 0.350 e. The molecule has 0 aliphatic carbocycles. The van der Waals surface area contributed by atoms with E-state index < -0.39 is 9.84 Å². The van der Waals surface area contributed by atoms with Gasteiger partial charge in [-0.3, -0.25) is 4.90 Å². The van der Waals surface area contributed by atoms with Crippen LogP contribution in [0.1, 0.15) is 11.1 Å². The van der Waals surface area contributed by atoms with Crippen molar-refractivity contribution in [3.8, 4) is 0 Å². The van der Waals surface area contributed by atoms with Crippen LogP contribution in [0.2, 0.25) is 0 Å². The van der Waals surface area contributed by atoms with Crippen molar-refractivity contribution in [3.05, 3.63) is 53.9 Å². The second-order valence-electron chi connectivity index (χ2n) is 8.01. The molecule has 2 fully saturated rings. The van der Waals surface area contributed by atoms with Crippen LogP contribution >= 0.6 is 0 Å². The molecule has 2 aromatic rings. The van der Waals surface area contributed by atoms with Crippen LogP contribution in [-0.2, 0) is 22.9 Å². The molecule has 3 atom stereocenters. The third kappa shape index (κ3) is 4.04. The Bertz CT molecular complexity index is 902. The van der Waals surface area contributed by atoms with E-state index in [9.17, 15) is 8.42 Å². The van der Waals surface area contributed by atoms with Crippen molar-refractivity contribution in [1.29, 1.82) is 0 Å². The zero-order valence-corrected chi connectivity index (χ0v) is 17.1. The number of rotatable bonds is 6. The molecule has 150 valence electrons. The highest BCUT2D eigenvalue weighted by Gasteiger charge is 2.52. The van der Waals surface area contributed by atoms with Crippen LogP contribution in [0.15, 0.2) is 42.7 Å². The smallest absolute Gasteiger partial charge is 0.222 e. The lowest BCUT2D eigenvalue weighted by atomic mass is 10.00. The molecule has 7 nitrogen and oxygen atoms in total. The highest BCUT2D eigenvalue weighted by Crippen LogP contribution is 2.36. The van der Waals surface area contributed by atoms with E-state index in [4.69, 9.17) is 0 Å². The minimum Gasteiger partial charge on any atom is -0.350 e. The molecule has 2 aliphatic rings. The van der Waals surface area contributed by atoms with Gasteiger partial charge < -0.3 is 10.2 Å². The summed E-state index contributed by atoms with van der Waals surface area (Å²) in [5.41, 5.74) is 2.18. The lowest BCUT2D eigenvalue weighted by Gasteiger charge is -2.25. The summed E-state index contributed by atoms with van der Waals surface area (Å²) < 4.78 is 25.0. The van der Waals surface area contributed by atoms with Crippen molar-refractivity contribution in [2.24, 2.45) is 5.92 Å². The van der Waals surface area contributed by atoms with Crippen molar-refractivity contribution in [2.45, 2.75) is 24.4 Å². The minimum atomic E-state index is -3.01. The van der Waals surface area contributed by atoms with Crippen LogP contribution in [0.3, 0.4) is 0 Å². The van der Waals surface area contributed by atoms with Crippen molar-refractivity contribution >= 4 is 15.8 Å². The van der Waals surface area contributed by atoms with Gasteiger partial charge in [-0.2, -0.15) is 0 Å². The molecule has 0 radical (unpaired) electrons. The lowest BCUT2D eigenvalue weighted by Crippen LogP contribution is -2.37. The number of nitrogens with one attached hydrogen (secondary N) is 1. The van der Waals surface area contributed by atoms with Gasteiger partial charge in [0.15, 0.2) is 9.84 Å². The van der Waals surface area contributed by atoms with E-state index in [1.807, 2.05) is 44.7 Å². The normalized spacial score (nSPS) is 26.5. The molecule has 0 unspecified atom stereocenters. The van der Waals surface area contributed by atoms with Gasteiger partial charge in [-0.05, 0) is 19.7 Å². The summed E-state index contributed by atoms with van der Waals surface area (Å²) in [7, 11) is 0.937. The van der Waals surface area contributed by atoms with Crippen LogP contribution in [0.5, 0.6) is 0 Å². The Morgan fingerprint density at radius 2 is 1.82 bits per heavy atom. The van der Waals surface area contributed by atoms with Gasteiger partial charge in [-0.25, -0.2) is 18.4 Å². The summed E-state index contributed by atoms with van der Waals surface area (Å²) >= 11 is 0. The van der Waals surface area contributed by atoms with Gasteiger partial charge in [0.1, 0.15) is 0 Å². The van der Waals surface area contributed by atoms with Gasteiger partial charge >= 0.3 is 0 Å². The quantitative estimate of drug-likeness (QED) is 0.780. The second kappa shape index (κ2) is 7.77. The summed E-state index contributed by atoms with van der Waals surface area (Å²) in [4.78, 5) is 13.1. The summed E-state index contributed by atoms with van der Waals surface area (Å²) in [6.07, 6.45) is 3.65. The molecular weight excluding hydrogens is 374 g/mol. The predicted octanol–water partition coefficient (Wildman–Crippen LogP) is 1.25. The lowest BCUT2D eigenvalue weighted by molar-refractivity contribution is 0.229. The molecule has 0 spiro atoms. The standard InChI is InChI=1S/C20H27N5O2S/c1-24(2)18-14-28(26,27)19-13-25(12-17(18)19)11-16-9-22-20(23-10-16)21-8-15-6-4-3-5-7-15/h3-7,9-10,17-19H,8,11-14H2,1-2H3,(H,21,22,23)/t17-,18+,19-/m0/s1. The van der Waals surface area contributed by atoms with Gasteiger partial charge in [0.05, 0.1) is 11.0 Å². The fourth-order valence-electron chi connectivity index (χ4n) is 4.34. The Morgan fingerprint density at radius 1 is 1.11 bits per heavy atom. The number of anilines is 1. The molecule has 28 heavy (non-hydrogen) atoms. The molecular formula is C20H27N5O2S. The summed E-state index contributed by atoms with van der Waals surface area (Å²) in [5.74, 6) is 1.07. The zero-order valence-electron chi connectivity index (χ0n) is 16.3. The molecule has 0 saturated carbocycles. The van der Waals surface area contributed by atoms with Gasteiger partial charge in [-0.15, -0.1) is 0 Å².